The van der Waals surface area contributed by atoms with E-state index in [9.17, 15) is 19.5 Å². The Morgan fingerprint density at radius 3 is 2.43 bits per heavy atom. The summed E-state index contributed by atoms with van der Waals surface area (Å²) in [6.07, 6.45) is 1.78. The maximum Gasteiger partial charge on any atom is 0.323 e. The van der Waals surface area contributed by atoms with Crippen molar-refractivity contribution in [2.45, 2.75) is 58.3 Å². The van der Waals surface area contributed by atoms with Crippen LogP contribution in [-0.2, 0) is 4.74 Å². The number of nitrogens with one attached hydrogen (secondary N) is 3. The van der Waals surface area contributed by atoms with Crippen molar-refractivity contribution in [2.75, 3.05) is 49.3 Å². The van der Waals surface area contributed by atoms with E-state index in [2.05, 4.69) is 16.0 Å². The second-order valence-electron chi connectivity index (χ2n) is 13.3. The van der Waals surface area contributed by atoms with Gasteiger partial charge in [0, 0.05) is 49.4 Å². The number of rotatable bonds is 7. The topological polar surface area (TPSA) is 132 Å². The van der Waals surface area contributed by atoms with Crippen molar-refractivity contribution in [1.82, 2.24) is 9.80 Å². The number of amides is 5. The lowest BCUT2D eigenvalue weighted by Gasteiger charge is -2.35. The zero-order valence-electron chi connectivity index (χ0n) is 29.8. The predicted molar refractivity (Wildman–Crippen MR) is 202 cm³/mol. The van der Waals surface area contributed by atoms with Gasteiger partial charge in [0.1, 0.15) is 5.75 Å². The molecule has 0 saturated carbocycles. The molecule has 1 heterocycles. The summed E-state index contributed by atoms with van der Waals surface area (Å²) in [5, 5.41) is 20.9. The molecule has 0 aromatic heterocycles. The number of aliphatic hydroxyl groups is 1. The number of nitrogens with zero attached hydrogens (tertiary/aromatic N) is 2. The summed E-state index contributed by atoms with van der Waals surface area (Å²) < 4.78 is 12.7. The van der Waals surface area contributed by atoms with E-state index in [4.69, 9.17) is 9.47 Å². The molecule has 5 rings (SSSR count). The SMILES string of the molecule is C[C@@H]1CCCCO[C@@H](CN(C)C(=O)Nc2cccc3ccccc23)[C@H](C)CN([C@H](C)CO)C(=O)c2cc(NC(=O)Nc3ccccc3)ccc2O1. The average molecular weight is 696 g/mol. The number of anilines is 3. The Morgan fingerprint density at radius 1 is 0.922 bits per heavy atom. The Labute approximate surface area is 299 Å². The zero-order valence-corrected chi connectivity index (χ0v) is 29.8. The molecule has 0 radical (unpaired) electrons. The van der Waals surface area contributed by atoms with Crippen LogP contribution in [0.15, 0.2) is 91.0 Å². The number of hydrogen-bond acceptors (Lipinski definition) is 6. The quantitative estimate of drug-likeness (QED) is 0.159. The third kappa shape index (κ3) is 9.99. The van der Waals surface area contributed by atoms with Gasteiger partial charge in [-0.05, 0) is 74.9 Å². The standard InChI is InChI=1S/C40H49N5O6/c1-27-24-45(28(2)26-46)38(47)34-23-32(42-39(48)41-31-16-6-5-7-17-31)20-21-36(34)51-29(3)13-10-11-22-50-37(27)25-44(4)40(49)43-35-19-12-15-30-14-8-9-18-33(30)35/h5-9,12,14-21,23,27-29,37,46H,10-11,13,22,24-26H2,1-4H3,(H,43,49)(H2,41,42,48)/t27-,28-,29-,37+/m1/s1. The molecular weight excluding hydrogens is 646 g/mol. The van der Waals surface area contributed by atoms with Crippen LogP contribution in [0.1, 0.15) is 50.4 Å². The van der Waals surface area contributed by atoms with Gasteiger partial charge in [0.2, 0.25) is 0 Å². The van der Waals surface area contributed by atoms with Crippen molar-refractivity contribution in [3.63, 3.8) is 0 Å². The first kappa shape index (κ1) is 37.1. The lowest BCUT2D eigenvalue weighted by Crippen LogP contribution is -2.48. The molecule has 270 valence electrons. The van der Waals surface area contributed by atoms with Crippen LogP contribution in [0, 0.1) is 5.92 Å². The first-order valence-electron chi connectivity index (χ1n) is 17.6. The van der Waals surface area contributed by atoms with Gasteiger partial charge >= 0.3 is 12.1 Å². The molecule has 4 aromatic rings. The average Bonchev–Trinajstić information content (AvgIpc) is 3.13. The fourth-order valence-corrected chi connectivity index (χ4v) is 6.18. The van der Waals surface area contributed by atoms with Crippen LogP contribution in [0.25, 0.3) is 10.8 Å². The maximum atomic E-state index is 14.4. The molecule has 5 amide bonds. The summed E-state index contributed by atoms with van der Waals surface area (Å²) in [6, 6.07) is 26.5. The van der Waals surface area contributed by atoms with E-state index in [-0.39, 0.29) is 49.2 Å². The Bertz CT molecular complexity index is 1780. The molecule has 1 aliphatic heterocycles. The monoisotopic (exact) mass is 695 g/mol. The van der Waals surface area contributed by atoms with Gasteiger partial charge in [-0.25, -0.2) is 9.59 Å². The van der Waals surface area contributed by atoms with Gasteiger partial charge in [-0.3, -0.25) is 4.79 Å². The van der Waals surface area contributed by atoms with E-state index in [0.29, 0.717) is 23.7 Å². The number of carbonyl (C=O) groups excluding carboxylic acids is 3. The number of likely N-dealkylation sites (N-methyl/N-ethyl adjacent to an activating group) is 1. The normalized spacial score (nSPS) is 19.2. The van der Waals surface area contributed by atoms with Gasteiger partial charge in [0.15, 0.2) is 0 Å². The van der Waals surface area contributed by atoms with Crippen LogP contribution in [0.4, 0.5) is 26.7 Å². The van der Waals surface area contributed by atoms with Crippen molar-refractivity contribution in [3.05, 3.63) is 96.6 Å². The van der Waals surface area contributed by atoms with Gasteiger partial charge in [0.25, 0.3) is 5.91 Å². The van der Waals surface area contributed by atoms with Crippen molar-refractivity contribution in [2.24, 2.45) is 5.92 Å². The van der Waals surface area contributed by atoms with E-state index in [1.54, 1.807) is 54.1 Å². The summed E-state index contributed by atoms with van der Waals surface area (Å²) in [6.45, 7) is 6.48. The van der Waals surface area contributed by atoms with E-state index in [1.807, 2.05) is 74.5 Å². The highest BCUT2D eigenvalue weighted by Gasteiger charge is 2.31. The minimum absolute atomic E-state index is 0.193. The molecule has 0 saturated heterocycles. The Kier molecular flexibility index (Phi) is 12.9. The van der Waals surface area contributed by atoms with Crippen molar-refractivity contribution in [1.29, 1.82) is 0 Å². The molecule has 0 unspecified atom stereocenters. The molecule has 4 atom stereocenters. The van der Waals surface area contributed by atoms with Crippen molar-refractivity contribution >= 4 is 45.8 Å². The number of benzene rings is 4. The summed E-state index contributed by atoms with van der Waals surface area (Å²) >= 11 is 0. The summed E-state index contributed by atoms with van der Waals surface area (Å²) in [7, 11) is 1.74. The second kappa shape index (κ2) is 17.7. The number of carbonyl (C=O) groups is 3. The Balaban J connectivity index is 1.37. The molecule has 0 bridgehead atoms. The minimum Gasteiger partial charge on any atom is -0.490 e. The lowest BCUT2D eigenvalue weighted by molar-refractivity contribution is -0.0115. The van der Waals surface area contributed by atoms with E-state index in [1.165, 1.54) is 0 Å². The van der Waals surface area contributed by atoms with Crippen LogP contribution >= 0.6 is 0 Å². The summed E-state index contributed by atoms with van der Waals surface area (Å²) in [4.78, 5) is 43.9. The van der Waals surface area contributed by atoms with E-state index in [0.717, 1.165) is 35.7 Å². The largest absolute Gasteiger partial charge is 0.490 e. The fraction of sp³-hybridized carbons (Fsp3) is 0.375. The predicted octanol–water partition coefficient (Wildman–Crippen LogP) is 7.44. The van der Waals surface area contributed by atoms with E-state index < -0.39 is 18.2 Å². The zero-order chi connectivity index (χ0) is 36.3. The van der Waals surface area contributed by atoms with Crippen LogP contribution in [0.5, 0.6) is 5.75 Å². The van der Waals surface area contributed by atoms with Crippen molar-refractivity contribution in [3.8, 4) is 5.75 Å². The van der Waals surface area contributed by atoms with Crippen molar-refractivity contribution < 1.29 is 29.0 Å². The summed E-state index contributed by atoms with van der Waals surface area (Å²) in [5.74, 6) is -0.172. The van der Waals surface area contributed by atoms with Gasteiger partial charge in [0.05, 0.1) is 36.1 Å². The molecule has 4 N–H and O–H groups in total. The first-order chi connectivity index (χ1) is 24.6. The number of urea groups is 2. The highest BCUT2D eigenvalue weighted by Crippen LogP contribution is 2.29. The minimum atomic E-state index is -0.538. The molecule has 11 heteroatoms. The van der Waals surface area contributed by atoms with Crippen LogP contribution in [0.2, 0.25) is 0 Å². The van der Waals surface area contributed by atoms with Crippen LogP contribution < -0.4 is 20.7 Å². The number of hydrogen-bond donors (Lipinski definition) is 4. The van der Waals surface area contributed by atoms with Crippen LogP contribution in [-0.4, -0.2) is 84.5 Å². The third-order valence-corrected chi connectivity index (χ3v) is 9.17. The lowest BCUT2D eigenvalue weighted by atomic mass is 10.0. The third-order valence-electron chi connectivity index (χ3n) is 9.17. The fourth-order valence-electron chi connectivity index (χ4n) is 6.18. The first-order valence-corrected chi connectivity index (χ1v) is 17.6. The number of ether oxygens (including phenoxy) is 2. The molecule has 0 aliphatic carbocycles. The number of aliphatic hydroxyl groups excluding tert-OH is 1. The molecule has 51 heavy (non-hydrogen) atoms. The van der Waals surface area contributed by atoms with Crippen LogP contribution in [0.3, 0.4) is 0 Å². The molecule has 4 aromatic carbocycles. The van der Waals surface area contributed by atoms with Gasteiger partial charge in [-0.1, -0.05) is 61.5 Å². The van der Waals surface area contributed by atoms with Gasteiger partial charge in [-0.15, -0.1) is 0 Å². The maximum absolute atomic E-state index is 14.4. The highest BCUT2D eigenvalue weighted by atomic mass is 16.5. The van der Waals surface area contributed by atoms with Gasteiger partial charge < -0.3 is 40.3 Å². The molecule has 0 spiro atoms. The number of para-hydroxylation sites is 1. The Hall–Kier alpha value is -5.13. The summed E-state index contributed by atoms with van der Waals surface area (Å²) in [5.41, 5.74) is 2.04. The number of fused-ring (bicyclic) bond motifs is 2. The molecular formula is C40H49N5O6. The van der Waals surface area contributed by atoms with E-state index >= 15 is 0 Å². The molecule has 1 aliphatic rings. The molecule has 11 nitrogen and oxygen atoms in total. The molecule has 0 fully saturated rings. The van der Waals surface area contributed by atoms with Gasteiger partial charge in [-0.2, -0.15) is 0 Å². The second-order valence-corrected chi connectivity index (χ2v) is 13.3. The highest BCUT2D eigenvalue weighted by molar-refractivity contribution is 6.03. The smallest absolute Gasteiger partial charge is 0.323 e. The Morgan fingerprint density at radius 2 is 1.65 bits per heavy atom.